The van der Waals surface area contributed by atoms with E-state index in [9.17, 15) is 31.5 Å². The van der Waals surface area contributed by atoms with Gasteiger partial charge in [0.1, 0.15) is 0 Å². The van der Waals surface area contributed by atoms with Crippen LogP contribution in [-0.4, -0.2) is 37.5 Å². The number of carboxylic acid groups (broad SMARTS) is 1. The lowest BCUT2D eigenvalue weighted by molar-refractivity contribution is -0.146. The van der Waals surface area contributed by atoms with E-state index in [0.717, 1.165) is 6.07 Å². The molecule has 5 nitrogen and oxygen atoms in total. The molecule has 3 atom stereocenters. The Morgan fingerprint density at radius 3 is 2.52 bits per heavy atom. The minimum Gasteiger partial charge on any atom is -0.481 e. The predicted octanol–water partition coefficient (Wildman–Crippen LogP) is 3.51. The second-order valence-electron chi connectivity index (χ2n) is 5.72. The van der Waals surface area contributed by atoms with Gasteiger partial charge in [0.25, 0.3) is 0 Å². The van der Waals surface area contributed by atoms with E-state index >= 15 is 0 Å². The second-order valence-corrected chi connectivity index (χ2v) is 8.83. The molecule has 0 saturated heterocycles. The molecule has 10 heteroatoms. The number of rotatable bonds is 5. The van der Waals surface area contributed by atoms with Crippen LogP contribution in [0.2, 0.25) is 0 Å². The maximum absolute atomic E-state index is 13.2. The molecular weight excluding hydrogens is 429 g/mol. The average molecular weight is 445 g/mol. The number of carboxylic acids is 1. The fourth-order valence-corrected chi connectivity index (χ4v) is 5.38. The maximum Gasteiger partial charge on any atom is 0.417 e. The summed E-state index contributed by atoms with van der Waals surface area (Å²) in [5.41, 5.74) is -1.27. The summed E-state index contributed by atoms with van der Waals surface area (Å²) in [5, 5.41) is 7.98. The number of sulfone groups is 1. The van der Waals surface area contributed by atoms with E-state index in [1.807, 2.05) is 0 Å². The highest BCUT2D eigenvalue weighted by Gasteiger charge is 2.47. The van der Waals surface area contributed by atoms with Crippen molar-refractivity contribution in [3.63, 3.8) is 0 Å². The summed E-state index contributed by atoms with van der Waals surface area (Å²) in [5.74, 6) is -2.28. The highest BCUT2D eigenvalue weighted by atomic mass is 79.9. The van der Waals surface area contributed by atoms with Crippen LogP contribution in [0.4, 0.5) is 13.2 Å². The van der Waals surface area contributed by atoms with Gasteiger partial charge in [0, 0.05) is 11.1 Å². The summed E-state index contributed by atoms with van der Waals surface area (Å²) in [6.07, 6.45) is -6.13. The molecule has 2 rings (SSSR count). The molecule has 0 heterocycles. The number of hydrogen-bond acceptors (Lipinski definition) is 4. The van der Waals surface area contributed by atoms with Crippen LogP contribution in [0, 0.1) is 5.92 Å². The third-order valence-electron chi connectivity index (χ3n) is 4.15. The highest BCUT2D eigenvalue weighted by molar-refractivity contribution is 9.10. The van der Waals surface area contributed by atoms with Gasteiger partial charge in [-0.25, -0.2) is 8.42 Å². The Labute approximate surface area is 151 Å². The van der Waals surface area contributed by atoms with Crippen molar-refractivity contribution in [2.75, 3.05) is 6.61 Å². The zero-order valence-corrected chi connectivity index (χ0v) is 15.5. The normalized spacial score (nSPS) is 24.4. The molecule has 0 aromatic heterocycles. The van der Waals surface area contributed by atoms with Crippen LogP contribution in [0.1, 0.15) is 25.3 Å². The molecule has 1 fully saturated rings. The molecule has 0 unspecified atom stereocenters. The first-order valence-corrected chi connectivity index (χ1v) is 9.77. The Hall–Kier alpha value is -1.13. The van der Waals surface area contributed by atoms with Crippen molar-refractivity contribution in [2.24, 2.45) is 5.92 Å². The summed E-state index contributed by atoms with van der Waals surface area (Å²) in [7, 11) is -4.37. The van der Waals surface area contributed by atoms with Gasteiger partial charge in [-0.2, -0.15) is 13.2 Å². The molecule has 1 aliphatic rings. The van der Waals surface area contributed by atoms with Crippen LogP contribution >= 0.6 is 15.9 Å². The molecule has 25 heavy (non-hydrogen) atoms. The molecule has 1 aromatic carbocycles. The molecule has 1 aliphatic carbocycles. The number of carbonyl (C=O) groups is 1. The standard InChI is InChI=1S/C15H16BrF3O5S/c1-2-24-12-7-9(6-10(12)14(20)21)25(22,23)13-4-3-8(16)5-11(13)15(17,18)19/h3-5,9-10,12H,2,6-7H2,1H3,(H,20,21)/t9-,10+,12+/m0/s1. The van der Waals surface area contributed by atoms with E-state index in [1.54, 1.807) is 6.92 Å². The highest BCUT2D eigenvalue weighted by Crippen LogP contribution is 2.41. The molecule has 0 radical (unpaired) electrons. The summed E-state index contributed by atoms with van der Waals surface area (Å²) < 4.78 is 70.6. The first kappa shape index (κ1) is 20.2. The smallest absolute Gasteiger partial charge is 0.417 e. The van der Waals surface area contributed by atoms with E-state index in [0.29, 0.717) is 6.07 Å². The van der Waals surface area contributed by atoms with Crippen LogP contribution in [-0.2, 0) is 25.5 Å². The van der Waals surface area contributed by atoms with Crippen LogP contribution in [0.5, 0.6) is 0 Å². The lowest BCUT2D eigenvalue weighted by Gasteiger charge is -2.17. The number of ether oxygens (including phenoxy) is 1. The summed E-state index contributed by atoms with van der Waals surface area (Å²) >= 11 is 2.91. The minimum absolute atomic E-state index is 0.0980. The number of hydrogen-bond donors (Lipinski definition) is 1. The average Bonchev–Trinajstić information content (AvgIpc) is 2.91. The second kappa shape index (κ2) is 7.24. The molecule has 0 bridgehead atoms. The lowest BCUT2D eigenvalue weighted by Crippen LogP contribution is -2.25. The molecule has 140 valence electrons. The number of halogens is 4. The zero-order valence-electron chi connectivity index (χ0n) is 13.1. The van der Waals surface area contributed by atoms with Gasteiger partial charge in [0.15, 0.2) is 9.84 Å². The Morgan fingerprint density at radius 1 is 1.36 bits per heavy atom. The molecule has 0 amide bonds. The van der Waals surface area contributed by atoms with E-state index in [2.05, 4.69) is 15.9 Å². The first-order valence-electron chi connectivity index (χ1n) is 7.43. The monoisotopic (exact) mass is 444 g/mol. The van der Waals surface area contributed by atoms with E-state index in [4.69, 9.17) is 4.74 Å². The zero-order chi connectivity index (χ0) is 19.0. The van der Waals surface area contributed by atoms with E-state index < -0.39 is 49.7 Å². The van der Waals surface area contributed by atoms with Crippen LogP contribution in [0.3, 0.4) is 0 Å². The SMILES string of the molecule is CCO[C@@H]1C[C@@H](S(=O)(=O)c2ccc(Br)cc2C(F)(F)F)C[C@H]1C(=O)O. The Bertz CT molecular complexity index is 763. The molecular formula is C15H16BrF3O5S. The van der Waals surface area contributed by atoms with Crippen molar-refractivity contribution < 1.29 is 36.2 Å². The van der Waals surface area contributed by atoms with Gasteiger partial charge >= 0.3 is 12.1 Å². The summed E-state index contributed by atoms with van der Waals surface area (Å²) in [6, 6.07) is 2.81. The van der Waals surface area contributed by atoms with Crippen molar-refractivity contribution in [3.8, 4) is 0 Å². The summed E-state index contributed by atoms with van der Waals surface area (Å²) in [4.78, 5) is 10.5. The Morgan fingerprint density at radius 2 is 2.00 bits per heavy atom. The largest absolute Gasteiger partial charge is 0.481 e. The van der Waals surface area contributed by atoms with Crippen molar-refractivity contribution >= 4 is 31.7 Å². The molecule has 1 saturated carbocycles. The molecule has 0 spiro atoms. The van der Waals surface area contributed by atoms with Crippen molar-refractivity contribution in [1.82, 2.24) is 0 Å². The van der Waals surface area contributed by atoms with Crippen LogP contribution in [0.25, 0.3) is 0 Å². The van der Waals surface area contributed by atoms with Crippen molar-refractivity contribution in [1.29, 1.82) is 0 Å². The van der Waals surface area contributed by atoms with Gasteiger partial charge < -0.3 is 9.84 Å². The maximum atomic E-state index is 13.2. The van der Waals surface area contributed by atoms with Gasteiger partial charge in [0.2, 0.25) is 0 Å². The number of aliphatic carboxylic acids is 1. The third kappa shape index (κ3) is 4.17. The number of alkyl halides is 3. The minimum atomic E-state index is -4.85. The molecule has 0 aliphatic heterocycles. The fraction of sp³-hybridized carbons (Fsp3) is 0.533. The van der Waals surface area contributed by atoms with Gasteiger partial charge in [-0.3, -0.25) is 4.79 Å². The van der Waals surface area contributed by atoms with Crippen molar-refractivity contribution in [2.45, 2.75) is 42.2 Å². The van der Waals surface area contributed by atoms with Crippen LogP contribution < -0.4 is 0 Å². The van der Waals surface area contributed by atoms with Gasteiger partial charge in [-0.05, 0) is 38.0 Å². The predicted molar refractivity (Wildman–Crippen MR) is 85.9 cm³/mol. The van der Waals surface area contributed by atoms with Crippen molar-refractivity contribution in [3.05, 3.63) is 28.2 Å². The number of benzene rings is 1. The van der Waals surface area contributed by atoms with Gasteiger partial charge in [0.05, 0.1) is 27.7 Å². The Balaban J connectivity index is 2.45. The van der Waals surface area contributed by atoms with Crippen LogP contribution in [0.15, 0.2) is 27.6 Å². The Kier molecular flexibility index (Phi) is 5.85. The molecule has 1 aromatic rings. The van der Waals surface area contributed by atoms with E-state index in [-0.39, 0.29) is 23.9 Å². The van der Waals surface area contributed by atoms with Gasteiger partial charge in [-0.1, -0.05) is 15.9 Å². The summed E-state index contributed by atoms with van der Waals surface area (Å²) in [6.45, 7) is 1.82. The third-order valence-corrected chi connectivity index (χ3v) is 6.88. The van der Waals surface area contributed by atoms with E-state index in [1.165, 1.54) is 6.07 Å². The first-order chi connectivity index (χ1) is 11.5. The quantitative estimate of drug-likeness (QED) is 0.751. The van der Waals surface area contributed by atoms with Gasteiger partial charge in [-0.15, -0.1) is 0 Å². The molecule has 1 N–H and O–H groups in total. The lowest BCUT2D eigenvalue weighted by atomic mass is 10.1. The fourth-order valence-electron chi connectivity index (χ4n) is 3.02. The topological polar surface area (TPSA) is 80.7 Å².